The SMILES string of the molecule is O=C(COc1ccc(C2SCCCS2)cc1)NCc1csc(-c2ccccc2)n1. The van der Waals surface area contributed by atoms with E-state index in [1.165, 1.54) is 23.5 Å². The van der Waals surface area contributed by atoms with E-state index < -0.39 is 0 Å². The molecule has 4 nitrogen and oxygen atoms in total. The Labute approximate surface area is 183 Å². The number of amides is 1. The fourth-order valence-electron chi connectivity index (χ4n) is 2.89. The van der Waals surface area contributed by atoms with Crippen LogP contribution in [0.5, 0.6) is 5.75 Å². The summed E-state index contributed by atoms with van der Waals surface area (Å²) in [6.07, 6.45) is 1.29. The van der Waals surface area contributed by atoms with Crippen molar-refractivity contribution in [1.82, 2.24) is 10.3 Å². The molecule has 1 aromatic heterocycles. The summed E-state index contributed by atoms with van der Waals surface area (Å²) in [7, 11) is 0. The van der Waals surface area contributed by atoms with Crippen LogP contribution in [0.1, 0.15) is 22.3 Å². The Bertz CT molecular complexity index is 923. The van der Waals surface area contributed by atoms with Gasteiger partial charge in [0.25, 0.3) is 5.91 Å². The number of ether oxygens (including phenoxy) is 1. The molecule has 3 aromatic rings. The second kappa shape index (κ2) is 10.2. The molecule has 29 heavy (non-hydrogen) atoms. The van der Waals surface area contributed by atoms with E-state index >= 15 is 0 Å². The molecule has 2 aromatic carbocycles. The van der Waals surface area contributed by atoms with Crippen molar-refractivity contribution in [2.24, 2.45) is 0 Å². The van der Waals surface area contributed by atoms with E-state index in [0.29, 0.717) is 11.1 Å². The fourth-order valence-corrected chi connectivity index (χ4v) is 6.61. The number of carbonyl (C=O) groups excluding carboxylic acids is 1. The number of aromatic nitrogens is 1. The molecule has 1 amide bonds. The average molecular weight is 443 g/mol. The molecule has 0 saturated carbocycles. The molecule has 2 heterocycles. The molecule has 0 spiro atoms. The topological polar surface area (TPSA) is 51.2 Å². The van der Waals surface area contributed by atoms with Gasteiger partial charge in [0.15, 0.2) is 6.61 Å². The van der Waals surface area contributed by atoms with Gasteiger partial charge in [-0.15, -0.1) is 34.9 Å². The second-order valence-electron chi connectivity index (χ2n) is 6.57. The largest absolute Gasteiger partial charge is 0.484 e. The Kier molecular flexibility index (Phi) is 7.14. The van der Waals surface area contributed by atoms with Crippen molar-refractivity contribution in [2.45, 2.75) is 17.5 Å². The fraction of sp³-hybridized carbons (Fsp3) is 0.273. The lowest BCUT2D eigenvalue weighted by Gasteiger charge is -2.21. The van der Waals surface area contributed by atoms with Crippen molar-refractivity contribution < 1.29 is 9.53 Å². The van der Waals surface area contributed by atoms with Crippen LogP contribution >= 0.6 is 34.9 Å². The Hall–Kier alpha value is -1.96. The van der Waals surface area contributed by atoms with Crippen LogP contribution < -0.4 is 10.1 Å². The Morgan fingerprint density at radius 3 is 2.59 bits per heavy atom. The van der Waals surface area contributed by atoms with E-state index in [2.05, 4.69) is 22.4 Å². The van der Waals surface area contributed by atoms with Gasteiger partial charge < -0.3 is 10.1 Å². The van der Waals surface area contributed by atoms with Gasteiger partial charge in [0.2, 0.25) is 0 Å². The summed E-state index contributed by atoms with van der Waals surface area (Å²) in [4.78, 5) is 16.7. The molecular formula is C22H22N2O2S3. The minimum absolute atomic E-state index is 0.00194. The third kappa shape index (κ3) is 5.78. The van der Waals surface area contributed by atoms with Crippen LogP contribution in [0.2, 0.25) is 0 Å². The van der Waals surface area contributed by atoms with Gasteiger partial charge in [-0.05, 0) is 35.6 Å². The van der Waals surface area contributed by atoms with Gasteiger partial charge in [0, 0.05) is 10.9 Å². The molecule has 1 fully saturated rings. The van der Waals surface area contributed by atoms with Gasteiger partial charge in [-0.1, -0.05) is 42.5 Å². The van der Waals surface area contributed by atoms with Crippen LogP contribution in [0.15, 0.2) is 60.0 Å². The van der Waals surface area contributed by atoms with Gasteiger partial charge >= 0.3 is 0 Å². The zero-order valence-corrected chi connectivity index (χ0v) is 18.3. The average Bonchev–Trinajstić information content (AvgIpc) is 3.27. The van der Waals surface area contributed by atoms with Gasteiger partial charge in [0.05, 0.1) is 16.8 Å². The maximum absolute atomic E-state index is 12.1. The molecule has 0 radical (unpaired) electrons. The highest BCUT2D eigenvalue weighted by molar-refractivity contribution is 8.16. The summed E-state index contributed by atoms with van der Waals surface area (Å²) in [6, 6.07) is 18.1. The first-order valence-corrected chi connectivity index (χ1v) is 12.5. The maximum atomic E-state index is 12.1. The second-order valence-corrected chi connectivity index (χ2v) is 10.2. The molecule has 0 bridgehead atoms. The van der Waals surface area contributed by atoms with Crippen LogP contribution in [0.3, 0.4) is 0 Å². The van der Waals surface area contributed by atoms with E-state index in [4.69, 9.17) is 4.74 Å². The Morgan fingerprint density at radius 1 is 1.07 bits per heavy atom. The first kappa shape index (κ1) is 20.3. The quantitative estimate of drug-likeness (QED) is 0.533. The molecule has 0 atom stereocenters. The maximum Gasteiger partial charge on any atom is 0.258 e. The van der Waals surface area contributed by atoms with Crippen molar-refractivity contribution >= 4 is 40.8 Å². The Morgan fingerprint density at radius 2 is 1.83 bits per heavy atom. The number of hydrogen-bond donors (Lipinski definition) is 1. The standard InChI is InChI=1S/C22H22N2O2S3/c25-20(23-13-18-15-29-21(24-18)16-5-2-1-3-6-16)14-26-19-9-7-17(8-10-19)22-27-11-4-12-28-22/h1-3,5-10,15,22H,4,11-14H2,(H,23,25). The molecule has 1 saturated heterocycles. The molecule has 150 valence electrons. The van der Waals surface area contributed by atoms with Crippen LogP contribution in [0, 0.1) is 0 Å². The van der Waals surface area contributed by atoms with Gasteiger partial charge in [-0.3, -0.25) is 4.79 Å². The minimum atomic E-state index is -0.151. The third-order valence-corrected chi connectivity index (χ3v) is 8.34. The van der Waals surface area contributed by atoms with E-state index in [-0.39, 0.29) is 12.5 Å². The molecule has 0 unspecified atom stereocenters. The number of thiazole rings is 1. The van der Waals surface area contributed by atoms with Crippen molar-refractivity contribution in [3.8, 4) is 16.3 Å². The number of thioether (sulfide) groups is 2. The normalized spacial score (nSPS) is 14.5. The summed E-state index contributed by atoms with van der Waals surface area (Å²) in [5.74, 6) is 3.01. The van der Waals surface area contributed by atoms with Crippen molar-refractivity contribution in [3.63, 3.8) is 0 Å². The first-order chi connectivity index (χ1) is 14.3. The van der Waals surface area contributed by atoms with Crippen LogP contribution in [0.4, 0.5) is 0 Å². The highest BCUT2D eigenvalue weighted by atomic mass is 32.2. The molecule has 1 aliphatic heterocycles. The van der Waals surface area contributed by atoms with Crippen molar-refractivity contribution in [3.05, 3.63) is 71.2 Å². The number of rotatable bonds is 7. The van der Waals surface area contributed by atoms with Crippen LogP contribution in [0.25, 0.3) is 10.6 Å². The summed E-state index contributed by atoms with van der Waals surface area (Å²) in [5, 5.41) is 5.81. The van der Waals surface area contributed by atoms with E-state index in [1.807, 2.05) is 71.4 Å². The minimum Gasteiger partial charge on any atom is -0.484 e. The summed E-state index contributed by atoms with van der Waals surface area (Å²) < 4.78 is 6.14. The molecule has 0 aliphatic carbocycles. The lowest BCUT2D eigenvalue weighted by Crippen LogP contribution is -2.28. The summed E-state index contributed by atoms with van der Waals surface area (Å²) in [5.41, 5.74) is 3.26. The molecule has 1 aliphatic rings. The Balaban J connectivity index is 1.22. The lowest BCUT2D eigenvalue weighted by molar-refractivity contribution is -0.123. The predicted octanol–water partition coefficient (Wildman–Crippen LogP) is 5.37. The predicted molar refractivity (Wildman–Crippen MR) is 124 cm³/mol. The molecule has 7 heteroatoms. The highest BCUT2D eigenvalue weighted by Gasteiger charge is 2.16. The van der Waals surface area contributed by atoms with Crippen LogP contribution in [-0.4, -0.2) is 29.0 Å². The first-order valence-electron chi connectivity index (χ1n) is 9.50. The monoisotopic (exact) mass is 442 g/mol. The number of benzene rings is 2. The smallest absolute Gasteiger partial charge is 0.258 e. The zero-order valence-electron chi connectivity index (χ0n) is 15.9. The zero-order chi connectivity index (χ0) is 19.9. The van der Waals surface area contributed by atoms with Gasteiger partial charge in [-0.2, -0.15) is 0 Å². The van der Waals surface area contributed by atoms with Crippen molar-refractivity contribution in [2.75, 3.05) is 18.1 Å². The molecular weight excluding hydrogens is 420 g/mol. The highest BCUT2D eigenvalue weighted by Crippen LogP contribution is 2.43. The lowest BCUT2D eigenvalue weighted by atomic mass is 10.2. The molecule has 4 rings (SSSR count). The van der Waals surface area contributed by atoms with Gasteiger partial charge in [0.1, 0.15) is 10.8 Å². The molecule has 1 N–H and O–H groups in total. The third-order valence-electron chi connectivity index (χ3n) is 4.39. The van der Waals surface area contributed by atoms with E-state index in [9.17, 15) is 4.79 Å². The number of nitrogens with one attached hydrogen (secondary N) is 1. The van der Waals surface area contributed by atoms with Gasteiger partial charge in [-0.25, -0.2) is 4.98 Å². The number of carbonyl (C=O) groups is 1. The van der Waals surface area contributed by atoms with Crippen molar-refractivity contribution in [1.29, 1.82) is 0 Å². The number of nitrogens with zero attached hydrogens (tertiary/aromatic N) is 1. The van der Waals surface area contributed by atoms with Crippen LogP contribution in [-0.2, 0) is 11.3 Å². The summed E-state index contributed by atoms with van der Waals surface area (Å²) >= 11 is 5.58. The van der Waals surface area contributed by atoms with E-state index in [1.54, 1.807) is 11.3 Å². The van der Waals surface area contributed by atoms with E-state index in [0.717, 1.165) is 22.0 Å². The summed E-state index contributed by atoms with van der Waals surface area (Å²) in [6.45, 7) is 0.405. The number of hydrogen-bond acceptors (Lipinski definition) is 6.